The summed E-state index contributed by atoms with van der Waals surface area (Å²) in [5, 5.41) is 4.92. The van der Waals surface area contributed by atoms with Gasteiger partial charge in [-0.05, 0) is 30.0 Å². The molecule has 2 rings (SSSR count). The number of thiophene rings is 1. The lowest BCUT2D eigenvalue weighted by Gasteiger charge is -2.03. The van der Waals surface area contributed by atoms with Gasteiger partial charge < -0.3 is 5.32 Å². The van der Waals surface area contributed by atoms with Crippen LogP contribution in [0.25, 0.3) is 0 Å². The monoisotopic (exact) mass is 232 g/mol. The fourth-order valence-electron chi connectivity index (χ4n) is 1.36. The smallest absolute Gasteiger partial charge is 0.251 e. The van der Waals surface area contributed by atoms with Crippen LogP contribution in [-0.2, 0) is 6.42 Å². The molecule has 0 saturated carbocycles. The second kappa shape index (κ2) is 5.42. The van der Waals surface area contributed by atoms with Crippen LogP contribution in [0.1, 0.15) is 15.2 Å². The Morgan fingerprint density at radius 3 is 2.81 bits per heavy atom. The van der Waals surface area contributed by atoms with Gasteiger partial charge in [0.25, 0.3) is 5.91 Å². The molecule has 82 valence electrons. The van der Waals surface area contributed by atoms with Crippen LogP contribution >= 0.6 is 11.3 Å². The average Bonchev–Trinajstić information content (AvgIpc) is 2.83. The van der Waals surface area contributed by atoms with Gasteiger partial charge in [0.2, 0.25) is 0 Å². The van der Waals surface area contributed by atoms with Crippen molar-refractivity contribution in [2.45, 2.75) is 6.42 Å². The number of aromatic nitrogens is 1. The number of nitrogens with one attached hydrogen (secondary N) is 1. The Bertz CT molecular complexity index is 439. The molecule has 0 atom stereocenters. The fraction of sp³-hybridized carbons (Fsp3) is 0.167. The number of carbonyl (C=O) groups excluding carboxylic acids is 1. The molecule has 1 N–H and O–H groups in total. The van der Waals surface area contributed by atoms with Gasteiger partial charge in [-0.3, -0.25) is 9.78 Å². The zero-order chi connectivity index (χ0) is 11.2. The van der Waals surface area contributed by atoms with E-state index in [2.05, 4.69) is 16.4 Å². The van der Waals surface area contributed by atoms with Crippen LogP contribution in [0.2, 0.25) is 0 Å². The van der Waals surface area contributed by atoms with E-state index in [0.29, 0.717) is 12.1 Å². The number of nitrogens with zero attached hydrogens (tertiary/aromatic N) is 1. The molecule has 0 aliphatic heterocycles. The second-order valence-electron chi connectivity index (χ2n) is 3.32. The molecule has 0 bridgehead atoms. The molecule has 0 radical (unpaired) electrons. The highest BCUT2D eigenvalue weighted by atomic mass is 32.1. The van der Waals surface area contributed by atoms with E-state index in [4.69, 9.17) is 0 Å². The first-order chi connectivity index (χ1) is 7.86. The van der Waals surface area contributed by atoms with Gasteiger partial charge >= 0.3 is 0 Å². The minimum Gasteiger partial charge on any atom is -0.352 e. The summed E-state index contributed by atoms with van der Waals surface area (Å²) in [7, 11) is 0. The van der Waals surface area contributed by atoms with Crippen LogP contribution in [0.3, 0.4) is 0 Å². The van der Waals surface area contributed by atoms with Crippen molar-refractivity contribution in [2.75, 3.05) is 6.54 Å². The third-order valence-electron chi connectivity index (χ3n) is 2.18. The zero-order valence-corrected chi connectivity index (χ0v) is 9.54. The summed E-state index contributed by atoms with van der Waals surface area (Å²) in [6.07, 6.45) is 4.12. The number of pyridine rings is 1. The van der Waals surface area contributed by atoms with Gasteiger partial charge in [0.05, 0.1) is 0 Å². The van der Waals surface area contributed by atoms with Crippen molar-refractivity contribution in [3.05, 3.63) is 52.5 Å². The lowest BCUT2D eigenvalue weighted by molar-refractivity contribution is 0.0954. The average molecular weight is 232 g/mol. The van der Waals surface area contributed by atoms with Crippen LogP contribution in [0.5, 0.6) is 0 Å². The molecular formula is C12H12N2OS. The van der Waals surface area contributed by atoms with E-state index in [1.54, 1.807) is 35.9 Å². The molecule has 3 nitrogen and oxygen atoms in total. The fourth-order valence-corrected chi connectivity index (χ4v) is 2.07. The molecule has 0 aromatic carbocycles. The number of carbonyl (C=O) groups is 1. The molecule has 0 spiro atoms. The standard InChI is InChI=1S/C12H12N2OS/c15-12(10-3-6-13-7-4-10)14-8-5-11-2-1-9-16-11/h1-4,6-7,9H,5,8H2,(H,14,15). The van der Waals surface area contributed by atoms with Crippen molar-refractivity contribution in [1.29, 1.82) is 0 Å². The van der Waals surface area contributed by atoms with E-state index < -0.39 is 0 Å². The normalized spacial score (nSPS) is 10.0. The maximum Gasteiger partial charge on any atom is 0.251 e. The maximum atomic E-state index is 11.6. The number of amides is 1. The van der Waals surface area contributed by atoms with Gasteiger partial charge in [-0.25, -0.2) is 0 Å². The topological polar surface area (TPSA) is 42.0 Å². The van der Waals surface area contributed by atoms with Crippen LogP contribution in [0, 0.1) is 0 Å². The van der Waals surface area contributed by atoms with Crippen LogP contribution in [0.15, 0.2) is 42.0 Å². The largest absolute Gasteiger partial charge is 0.352 e. The molecular weight excluding hydrogens is 220 g/mol. The number of rotatable bonds is 4. The molecule has 2 aromatic heterocycles. The molecule has 2 heterocycles. The number of hydrogen-bond acceptors (Lipinski definition) is 3. The predicted octanol–water partition coefficient (Wildman–Crippen LogP) is 2.12. The Morgan fingerprint density at radius 1 is 1.31 bits per heavy atom. The SMILES string of the molecule is O=C(NCCc1cccs1)c1ccncc1. The summed E-state index contributed by atoms with van der Waals surface area (Å²) in [4.78, 5) is 16.8. The molecule has 16 heavy (non-hydrogen) atoms. The van der Waals surface area contributed by atoms with Gasteiger partial charge in [-0.2, -0.15) is 0 Å². The van der Waals surface area contributed by atoms with Crippen molar-refractivity contribution >= 4 is 17.2 Å². The predicted molar refractivity (Wildman–Crippen MR) is 64.6 cm³/mol. The van der Waals surface area contributed by atoms with Gasteiger partial charge in [-0.1, -0.05) is 6.07 Å². The Hall–Kier alpha value is -1.68. The first-order valence-corrected chi connectivity index (χ1v) is 5.95. The Kier molecular flexibility index (Phi) is 3.66. The van der Waals surface area contributed by atoms with Crippen molar-refractivity contribution < 1.29 is 4.79 Å². The molecule has 0 aliphatic rings. The molecule has 0 saturated heterocycles. The lowest BCUT2D eigenvalue weighted by atomic mass is 10.2. The van der Waals surface area contributed by atoms with E-state index in [1.165, 1.54) is 4.88 Å². The highest BCUT2D eigenvalue weighted by molar-refractivity contribution is 7.09. The summed E-state index contributed by atoms with van der Waals surface area (Å²) in [5.41, 5.74) is 0.654. The Balaban J connectivity index is 1.81. The maximum absolute atomic E-state index is 11.6. The number of hydrogen-bond donors (Lipinski definition) is 1. The first kappa shape index (κ1) is 10.8. The summed E-state index contributed by atoms with van der Waals surface area (Å²) in [5.74, 6) is -0.0426. The van der Waals surface area contributed by atoms with Crippen molar-refractivity contribution in [2.24, 2.45) is 0 Å². The van der Waals surface area contributed by atoms with Gasteiger partial charge in [0.1, 0.15) is 0 Å². The lowest BCUT2D eigenvalue weighted by Crippen LogP contribution is -2.25. The van der Waals surface area contributed by atoms with Crippen LogP contribution in [0.4, 0.5) is 0 Å². The molecule has 0 fully saturated rings. The highest BCUT2D eigenvalue weighted by Gasteiger charge is 2.03. The van der Waals surface area contributed by atoms with E-state index in [1.807, 2.05) is 11.4 Å². The molecule has 1 amide bonds. The highest BCUT2D eigenvalue weighted by Crippen LogP contribution is 2.08. The third kappa shape index (κ3) is 2.90. The van der Waals surface area contributed by atoms with E-state index >= 15 is 0 Å². The molecule has 4 heteroatoms. The van der Waals surface area contributed by atoms with Gasteiger partial charge in [-0.15, -0.1) is 11.3 Å². The van der Waals surface area contributed by atoms with Gasteiger partial charge in [0.15, 0.2) is 0 Å². The summed E-state index contributed by atoms with van der Waals surface area (Å²) >= 11 is 1.71. The second-order valence-corrected chi connectivity index (χ2v) is 4.35. The van der Waals surface area contributed by atoms with E-state index in [9.17, 15) is 4.79 Å². The van der Waals surface area contributed by atoms with Gasteiger partial charge in [0, 0.05) is 29.4 Å². The van der Waals surface area contributed by atoms with Crippen molar-refractivity contribution in [3.63, 3.8) is 0 Å². The quantitative estimate of drug-likeness (QED) is 0.877. The minimum atomic E-state index is -0.0426. The molecule has 0 aliphatic carbocycles. The first-order valence-electron chi connectivity index (χ1n) is 5.07. The Labute approximate surface area is 98.2 Å². The summed E-state index contributed by atoms with van der Waals surface area (Å²) < 4.78 is 0. The van der Waals surface area contributed by atoms with E-state index in [0.717, 1.165) is 6.42 Å². The Morgan fingerprint density at radius 2 is 2.12 bits per heavy atom. The van der Waals surface area contributed by atoms with Crippen LogP contribution < -0.4 is 5.32 Å². The van der Waals surface area contributed by atoms with Crippen molar-refractivity contribution in [3.8, 4) is 0 Å². The van der Waals surface area contributed by atoms with E-state index in [-0.39, 0.29) is 5.91 Å². The summed E-state index contributed by atoms with van der Waals surface area (Å²) in [6.45, 7) is 0.668. The summed E-state index contributed by atoms with van der Waals surface area (Å²) in [6, 6.07) is 7.51. The molecule has 0 unspecified atom stereocenters. The van der Waals surface area contributed by atoms with Crippen LogP contribution in [-0.4, -0.2) is 17.4 Å². The zero-order valence-electron chi connectivity index (χ0n) is 8.72. The van der Waals surface area contributed by atoms with Crippen molar-refractivity contribution in [1.82, 2.24) is 10.3 Å². The molecule has 2 aromatic rings. The minimum absolute atomic E-state index is 0.0426. The third-order valence-corrected chi connectivity index (χ3v) is 3.12.